The van der Waals surface area contributed by atoms with Gasteiger partial charge in [-0.25, -0.2) is 0 Å². The average molecular weight is 371 g/mol. The molecule has 2 atom stereocenters. The predicted molar refractivity (Wildman–Crippen MR) is 94.1 cm³/mol. The van der Waals surface area contributed by atoms with Crippen LogP contribution in [0.15, 0.2) is 28.8 Å². The Morgan fingerprint density at radius 1 is 1.42 bits per heavy atom. The minimum Gasteiger partial charge on any atom is -0.346 e. The first-order chi connectivity index (χ1) is 11.1. The van der Waals surface area contributed by atoms with Crippen molar-refractivity contribution in [3.8, 4) is 11.5 Å². The van der Waals surface area contributed by atoms with E-state index in [1.54, 1.807) is 12.1 Å². The second kappa shape index (κ2) is 8.46. The molecule has 2 heterocycles. The SMILES string of the molecule is CC(NC(=O)C1CCCNC1)c1noc(-c2ccc(Cl)cc2)n1.Cl. The number of amides is 1. The number of carbonyl (C=O) groups is 1. The zero-order chi connectivity index (χ0) is 16.2. The zero-order valence-electron chi connectivity index (χ0n) is 13.3. The summed E-state index contributed by atoms with van der Waals surface area (Å²) in [6, 6.07) is 6.87. The zero-order valence-corrected chi connectivity index (χ0v) is 14.9. The van der Waals surface area contributed by atoms with Crippen LogP contribution in [0.1, 0.15) is 31.6 Å². The summed E-state index contributed by atoms with van der Waals surface area (Å²) in [6.07, 6.45) is 1.93. The Morgan fingerprint density at radius 2 is 2.17 bits per heavy atom. The van der Waals surface area contributed by atoms with Crippen molar-refractivity contribution in [3.05, 3.63) is 35.1 Å². The number of hydrogen-bond acceptors (Lipinski definition) is 5. The molecule has 0 spiro atoms. The molecule has 8 heteroatoms. The Kier molecular flexibility index (Phi) is 6.60. The molecule has 1 amide bonds. The molecule has 0 saturated carbocycles. The summed E-state index contributed by atoms with van der Waals surface area (Å²) < 4.78 is 5.27. The first kappa shape index (κ1) is 18.7. The van der Waals surface area contributed by atoms with Crippen LogP contribution in [0.25, 0.3) is 11.5 Å². The second-order valence-corrected chi connectivity index (χ2v) is 6.17. The van der Waals surface area contributed by atoms with E-state index in [4.69, 9.17) is 16.1 Å². The van der Waals surface area contributed by atoms with Crippen LogP contribution < -0.4 is 10.6 Å². The van der Waals surface area contributed by atoms with E-state index in [-0.39, 0.29) is 30.3 Å². The lowest BCUT2D eigenvalue weighted by atomic mass is 9.98. The summed E-state index contributed by atoms with van der Waals surface area (Å²) in [7, 11) is 0. The molecule has 1 aromatic heterocycles. The smallest absolute Gasteiger partial charge is 0.257 e. The maximum absolute atomic E-state index is 12.2. The van der Waals surface area contributed by atoms with Gasteiger partial charge in [0.1, 0.15) is 0 Å². The van der Waals surface area contributed by atoms with Gasteiger partial charge in [0.15, 0.2) is 5.82 Å². The Hall–Kier alpha value is -1.63. The largest absolute Gasteiger partial charge is 0.346 e. The lowest BCUT2D eigenvalue weighted by Crippen LogP contribution is -2.41. The summed E-state index contributed by atoms with van der Waals surface area (Å²) in [5, 5.41) is 10.8. The van der Waals surface area contributed by atoms with Gasteiger partial charge in [0.25, 0.3) is 5.89 Å². The van der Waals surface area contributed by atoms with Crippen molar-refractivity contribution in [1.82, 2.24) is 20.8 Å². The number of carbonyl (C=O) groups excluding carboxylic acids is 1. The molecule has 130 valence electrons. The fourth-order valence-corrected chi connectivity index (χ4v) is 2.72. The van der Waals surface area contributed by atoms with Gasteiger partial charge in [-0.2, -0.15) is 4.98 Å². The first-order valence-corrected chi connectivity index (χ1v) is 8.12. The Bertz CT molecular complexity index is 669. The van der Waals surface area contributed by atoms with E-state index < -0.39 is 0 Å². The molecule has 2 N–H and O–H groups in total. The van der Waals surface area contributed by atoms with E-state index in [9.17, 15) is 4.79 Å². The number of nitrogens with zero attached hydrogens (tertiary/aromatic N) is 2. The van der Waals surface area contributed by atoms with Gasteiger partial charge in [0.2, 0.25) is 5.91 Å². The van der Waals surface area contributed by atoms with Gasteiger partial charge in [-0.1, -0.05) is 16.8 Å². The molecule has 0 aliphatic carbocycles. The van der Waals surface area contributed by atoms with Gasteiger partial charge < -0.3 is 15.2 Å². The molecule has 1 fully saturated rings. The minimum atomic E-state index is -0.297. The Balaban J connectivity index is 0.00000208. The highest BCUT2D eigenvalue weighted by Gasteiger charge is 2.24. The second-order valence-electron chi connectivity index (χ2n) is 5.74. The van der Waals surface area contributed by atoms with E-state index >= 15 is 0 Å². The molecule has 1 aromatic carbocycles. The molecule has 0 bridgehead atoms. The highest BCUT2D eigenvalue weighted by atomic mass is 35.5. The van der Waals surface area contributed by atoms with Gasteiger partial charge >= 0.3 is 0 Å². The van der Waals surface area contributed by atoms with Crippen molar-refractivity contribution in [1.29, 1.82) is 0 Å². The fourth-order valence-electron chi connectivity index (χ4n) is 2.59. The summed E-state index contributed by atoms with van der Waals surface area (Å²) in [4.78, 5) is 16.6. The topological polar surface area (TPSA) is 80.0 Å². The molecule has 2 unspecified atom stereocenters. The van der Waals surface area contributed by atoms with E-state index in [1.165, 1.54) is 0 Å². The van der Waals surface area contributed by atoms with Crippen LogP contribution in [0, 0.1) is 5.92 Å². The molecule has 6 nitrogen and oxygen atoms in total. The number of benzene rings is 1. The molecule has 1 aliphatic heterocycles. The summed E-state index contributed by atoms with van der Waals surface area (Å²) in [6.45, 7) is 3.56. The molecule has 0 radical (unpaired) electrons. The molecule has 3 rings (SSSR count). The van der Waals surface area contributed by atoms with Gasteiger partial charge in [-0.3, -0.25) is 4.79 Å². The van der Waals surface area contributed by atoms with Crippen LogP contribution >= 0.6 is 24.0 Å². The molecule has 2 aromatic rings. The van der Waals surface area contributed by atoms with Crippen molar-refractivity contribution in [2.45, 2.75) is 25.8 Å². The van der Waals surface area contributed by atoms with E-state index in [0.29, 0.717) is 16.7 Å². The van der Waals surface area contributed by atoms with E-state index in [1.807, 2.05) is 19.1 Å². The Morgan fingerprint density at radius 3 is 2.83 bits per heavy atom. The lowest BCUT2D eigenvalue weighted by Gasteiger charge is -2.23. The normalized spacial score (nSPS) is 18.5. The summed E-state index contributed by atoms with van der Waals surface area (Å²) in [5.74, 6) is 0.917. The highest BCUT2D eigenvalue weighted by Crippen LogP contribution is 2.21. The van der Waals surface area contributed by atoms with Gasteiger partial charge in [0.05, 0.1) is 12.0 Å². The quantitative estimate of drug-likeness (QED) is 0.864. The third kappa shape index (κ3) is 4.47. The van der Waals surface area contributed by atoms with Crippen LogP contribution in [0.5, 0.6) is 0 Å². The third-order valence-electron chi connectivity index (χ3n) is 3.95. The van der Waals surface area contributed by atoms with Gasteiger partial charge in [0, 0.05) is 17.1 Å². The van der Waals surface area contributed by atoms with Gasteiger partial charge in [-0.05, 0) is 50.6 Å². The standard InChI is InChI=1S/C16H19ClN4O2.ClH/c1-10(19-15(22)12-3-2-8-18-9-12)14-20-16(23-21-14)11-4-6-13(17)7-5-11;/h4-7,10,12,18H,2-3,8-9H2,1H3,(H,19,22);1H. The van der Waals surface area contributed by atoms with Crippen molar-refractivity contribution >= 4 is 29.9 Å². The Labute approximate surface area is 151 Å². The molecular weight excluding hydrogens is 351 g/mol. The molecular formula is C16H20Cl2N4O2. The number of piperidine rings is 1. The first-order valence-electron chi connectivity index (χ1n) is 7.74. The maximum Gasteiger partial charge on any atom is 0.257 e. The molecule has 1 saturated heterocycles. The van der Waals surface area contributed by atoms with E-state index in [2.05, 4.69) is 20.8 Å². The van der Waals surface area contributed by atoms with Crippen LogP contribution in [-0.2, 0) is 4.79 Å². The van der Waals surface area contributed by atoms with Crippen LogP contribution in [0.2, 0.25) is 5.02 Å². The van der Waals surface area contributed by atoms with Crippen LogP contribution in [-0.4, -0.2) is 29.1 Å². The summed E-state index contributed by atoms with van der Waals surface area (Å²) >= 11 is 5.87. The van der Waals surface area contributed by atoms with Crippen LogP contribution in [0.3, 0.4) is 0 Å². The number of hydrogen-bond donors (Lipinski definition) is 2. The fraction of sp³-hybridized carbons (Fsp3) is 0.438. The van der Waals surface area contributed by atoms with Gasteiger partial charge in [-0.15, -0.1) is 12.4 Å². The van der Waals surface area contributed by atoms with Crippen molar-refractivity contribution in [2.24, 2.45) is 5.92 Å². The van der Waals surface area contributed by atoms with E-state index in [0.717, 1.165) is 31.5 Å². The van der Waals surface area contributed by atoms with Crippen molar-refractivity contribution < 1.29 is 9.32 Å². The average Bonchev–Trinajstić information content (AvgIpc) is 3.06. The van der Waals surface area contributed by atoms with Crippen molar-refractivity contribution in [2.75, 3.05) is 13.1 Å². The monoisotopic (exact) mass is 370 g/mol. The third-order valence-corrected chi connectivity index (χ3v) is 4.20. The molecule has 24 heavy (non-hydrogen) atoms. The lowest BCUT2D eigenvalue weighted by molar-refractivity contribution is -0.126. The number of halogens is 2. The molecule has 1 aliphatic rings. The number of rotatable bonds is 4. The maximum atomic E-state index is 12.2. The number of nitrogens with one attached hydrogen (secondary N) is 2. The predicted octanol–water partition coefficient (Wildman–Crippen LogP) is 2.99. The minimum absolute atomic E-state index is 0. The highest BCUT2D eigenvalue weighted by molar-refractivity contribution is 6.30. The summed E-state index contributed by atoms with van der Waals surface area (Å²) in [5.41, 5.74) is 0.795. The van der Waals surface area contributed by atoms with Crippen molar-refractivity contribution in [3.63, 3.8) is 0 Å². The van der Waals surface area contributed by atoms with Crippen LogP contribution in [0.4, 0.5) is 0 Å². The number of aromatic nitrogens is 2.